The number of rotatable bonds is 2. The fourth-order valence-electron chi connectivity index (χ4n) is 1.61. The molecule has 2 heterocycles. The Kier molecular flexibility index (Phi) is 4.47. The van der Waals surface area contributed by atoms with E-state index in [2.05, 4.69) is 47.1 Å². The van der Waals surface area contributed by atoms with Crippen LogP contribution in [0.5, 0.6) is 0 Å². The van der Waals surface area contributed by atoms with Crippen molar-refractivity contribution in [3.05, 3.63) is 15.4 Å². The summed E-state index contributed by atoms with van der Waals surface area (Å²) in [4.78, 5) is 20.1. The molecule has 5 nitrogen and oxygen atoms in total. The summed E-state index contributed by atoms with van der Waals surface area (Å²) in [6.45, 7) is 1.29. The molecule has 1 aliphatic heterocycles. The lowest BCUT2D eigenvalue weighted by molar-refractivity contribution is -0.122. The van der Waals surface area contributed by atoms with Crippen LogP contribution in [0.1, 0.15) is 12.8 Å². The molecule has 0 aliphatic carbocycles. The highest BCUT2D eigenvalue weighted by Crippen LogP contribution is 2.22. The van der Waals surface area contributed by atoms with Crippen LogP contribution >= 0.6 is 31.9 Å². The molecule has 1 amide bonds. The van der Waals surface area contributed by atoms with Crippen molar-refractivity contribution in [3.8, 4) is 0 Å². The van der Waals surface area contributed by atoms with E-state index in [0.29, 0.717) is 28.2 Å². The number of nitrogens with zero attached hydrogens (tertiary/aromatic N) is 2. The van der Waals surface area contributed by atoms with Crippen molar-refractivity contribution in [2.75, 3.05) is 18.5 Å². The Labute approximate surface area is 116 Å². The minimum Gasteiger partial charge on any atom is -0.381 e. The summed E-state index contributed by atoms with van der Waals surface area (Å²) in [5.41, 5.74) is 0. The molecule has 1 fully saturated rings. The molecule has 2 rings (SSSR count). The lowest BCUT2D eigenvalue weighted by Crippen LogP contribution is -2.29. The van der Waals surface area contributed by atoms with Gasteiger partial charge in [0, 0.05) is 19.1 Å². The largest absolute Gasteiger partial charge is 0.381 e. The summed E-state index contributed by atoms with van der Waals surface area (Å²) in [5.74, 6) is 0.427. The van der Waals surface area contributed by atoms with E-state index in [4.69, 9.17) is 4.74 Å². The minimum absolute atomic E-state index is 0.00102. The Bertz CT molecular complexity index is 422. The molecular weight excluding hydrogens is 354 g/mol. The van der Waals surface area contributed by atoms with E-state index in [9.17, 15) is 4.79 Å². The lowest BCUT2D eigenvalue weighted by atomic mass is 9.99. The topological polar surface area (TPSA) is 64.1 Å². The molecule has 0 atom stereocenters. The van der Waals surface area contributed by atoms with Gasteiger partial charge >= 0.3 is 0 Å². The van der Waals surface area contributed by atoms with Gasteiger partial charge in [-0.1, -0.05) is 0 Å². The van der Waals surface area contributed by atoms with E-state index in [1.807, 2.05) is 0 Å². The van der Waals surface area contributed by atoms with Crippen LogP contribution in [0.25, 0.3) is 0 Å². The van der Waals surface area contributed by atoms with Crippen molar-refractivity contribution in [3.63, 3.8) is 0 Å². The summed E-state index contributed by atoms with van der Waals surface area (Å²) in [5, 5.41) is 2.77. The number of halogens is 2. The highest BCUT2D eigenvalue weighted by atomic mass is 79.9. The minimum atomic E-state index is -0.0226. The zero-order valence-electron chi connectivity index (χ0n) is 8.95. The maximum absolute atomic E-state index is 11.9. The molecule has 1 saturated heterocycles. The third-order valence-electron chi connectivity index (χ3n) is 2.53. The Morgan fingerprint density at radius 3 is 2.76 bits per heavy atom. The Balaban J connectivity index is 2.02. The molecule has 1 aliphatic rings. The van der Waals surface area contributed by atoms with E-state index >= 15 is 0 Å². The zero-order chi connectivity index (χ0) is 12.3. The molecular formula is C10H11Br2N3O2. The highest BCUT2D eigenvalue weighted by Gasteiger charge is 2.22. The number of carbonyl (C=O) groups is 1. The molecule has 0 bridgehead atoms. The molecule has 0 aromatic carbocycles. The fraction of sp³-hybridized carbons (Fsp3) is 0.500. The number of amides is 1. The normalized spacial score (nSPS) is 16.8. The van der Waals surface area contributed by atoms with Gasteiger partial charge in [-0.2, -0.15) is 0 Å². The number of hydrogen-bond acceptors (Lipinski definition) is 4. The maximum Gasteiger partial charge on any atom is 0.228 e. The van der Waals surface area contributed by atoms with E-state index in [0.717, 1.165) is 12.8 Å². The first kappa shape index (κ1) is 12.9. The highest BCUT2D eigenvalue weighted by molar-refractivity contribution is 9.11. The predicted molar refractivity (Wildman–Crippen MR) is 69.6 cm³/mol. The quantitative estimate of drug-likeness (QED) is 0.874. The van der Waals surface area contributed by atoms with E-state index < -0.39 is 0 Å². The van der Waals surface area contributed by atoms with E-state index in [-0.39, 0.29) is 11.8 Å². The van der Waals surface area contributed by atoms with E-state index in [1.165, 1.54) is 0 Å². The van der Waals surface area contributed by atoms with Crippen LogP contribution in [0.15, 0.2) is 15.4 Å². The van der Waals surface area contributed by atoms with Gasteiger partial charge in [0.2, 0.25) is 5.91 Å². The number of anilines is 1. The fourth-order valence-corrected chi connectivity index (χ4v) is 2.52. The maximum atomic E-state index is 11.9. The van der Waals surface area contributed by atoms with Crippen LogP contribution in [0, 0.1) is 5.92 Å². The summed E-state index contributed by atoms with van der Waals surface area (Å²) < 4.78 is 6.36. The average Bonchev–Trinajstić information content (AvgIpc) is 2.34. The molecule has 1 aromatic heterocycles. The van der Waals surface area contributed by atoms with Gasteiger partial charge in [0.25, 0.3) is 0 Å². The second-order valence-corrected chi connectivity index (χ2v) is 5.27. The summed E-state index contributed by atoms with van der Waals surface area (Å²) in [6.07, 6.45) is 3.06. The Morgan fingerprint density at radius 2 is 2.12 bits per heavy atom. The Hall–Kier alpha value is -0.530. The number of aromatic nitrogens is 2. The van der Waals surface area contributed by atoms with Gasteiger partial charge in [0.05, 0.1) is 6.20 Å². The third-order valence-corrected chi connectivity index (χ3v) is 3.47. The SMILES string of the molecule is O=C(Nc1ncc(Br)nc1Br)C1CCOCC1. The smallest absolute Gasteiger partial charge is 0.228 e. The molecule has 1 N–H and O–H groups in total. The monoisotopic (exact) mass is 363 g/mol. The van der Waals surface area contributed by atoms with Crippen molar-refractivity contribution in [2.24, 2.45) is 5.92 Å². The van der Waals surface area contributed by atoms with Crippen LogP contribution in [0.4, 0.5) is 5.82 Å². The van der Waals surface area contributed by atoms with Gasteiger partial charge in [-0.05, 0) is 44.7 Å². The van der Waals surface area contributed by atoms with Gasteiger partial charge in [-0.3, -0.25) is 4.79 Å². The summed E-state index contributed by atoms with van der Waals surface area (Å²) in [6, 6.07) is 0. The molecule has 0 saturated carbocycles. The van der Waals surface area contributed by atoms with Crippen molar-refractivity contribution >= 4 is 43.6 Å². The molecule has 17 heavy (non-hydrogen) atoms. The first-order chi connectivity index (χ1) is 8.16. The van der Waals surface area contributed by atoms with Gasteiger partial charge in [0.1, 0.15) is 9.21 Å². The summed E-state index contributed by atoms with van der Waals surface area (Å²) in [7, 11) is 0. The van der Waals surface area contributed by atoms with Gasteiger partial charge in [0.15, 0.2) is 5.82 Å². The predicted octanol–water partition coefficient (Wildman–Crippen LogP) is 2.37. The molecule has 0 unspecified atom stereocenters. The molecule has 92 valence electrons. The Morgan fingerprint density at radius 1 is 1.41 bits per heavy atom. The van der Waals surface area contributed by atoms with Crippen LogP contribution in [0.3, 0.4) is 0 Å². The number of hydrogen-bond donors (Lipinski definition) is 1. The average molecular weight is 365 g/mol. The van der Waals surface area contributed by atoms with Crippen molar-refractivity contribution < 1.29 is 9.53 Å². The van der Waals surface area contributed by atoms with Gasteiger partial charge in [-0.25, -0.2) is 9.97 Å². The first-order valence-corrected chi connectivity index (χ1v) is 6.82. The first-order valence-electron chi connectivity index (χ1n) is 5.23. The summed E-state index contributed by atoms with van der Waals surface area (Å²) >= 11 is 6.46. The van der Waals surface area contributed by atoms with Crippen molar-refractivity contribution in [1.82, 2.24) is 9.97 Å². The number of nitrogens with one attached hydrogen (secondary N) is 1. The van der Waals surface area contributed by atoms with Crippen LogP contribution in [0.2, 0.25) is 0 Å². The van der Waals surface area contributed by atoms with Crippen molar-refractivity contribution in [2.45, 2.75) is 12.8 Å². The second kappa shape index (κ2) is 5.88. The van der Waals surface area contributed by atoms with Gasteiger partial charge < -0.3 is 10.1 Å². The zero-order valence-corrected chi connectivity index (χ0v) is 12.1. The third kappa shape index (κ3) is 3.46. The van der Waals surface area contributed by atoms with Gasteiger partial charge in [-0.15, -0.1) is 0 Å². The number of ether oxygens (including phenoxy) is 1. The van der Waals surface area contributed by atoms with Crippen LogP contribution < -0.4 is 5.32 Å². The lowest BCUT2D eigenvalue weighted by Gasteiger charge is -2.21. The van der Waals surface area contributed by atoms with Crippen LogP contribution in [-0.2, 0) is 9.53 Å². The molecule has 1 aromatic rings. The number of carbonyl (C=O) groups excluding carboxylic acids is 1. The standard InChI is InChI=1S/C10H11Br2N3O2/c11-7-5-13-9(8(12)14-7)15-10(16)6-1-3-17-4-2-6/h5-6H,1-4H2,(H,13,15,16). The van der Waals surface area contributed by atoms with Crippen molar-refractivity contribution in [1.29, 1.82) is 0 Å². The van der Waals surface area contributed by atoms with Crippen LogP contribution in [-0.4, -0.2) is 29.1 Å². The van der Waals surface area contributed by atoms with E-state index in [1.54, 1.807) is 6.20 Å². The molecule has 0 radical (unpaired) electrons. The molecule has 7 heteroatoms. The second-order valence-electron chi connectivity index (χ2n) is 3.71. The molecule has 0 spiro atoms.